The van der Waals surface area contributed by atoms with Crippen molar-refractivity contribution < 1.29 is 14.3 Å². The molecule has 2 aromatic heterocycles. The first-order valence-corrected chi connectivity index (χ1v) is 7.52. The fourth-order valence-electron chi connectivity index (χ4n) is 2.33. The molecule has 24 heavy (non-hydrogen) atoms. The first-order chi connectivity index (χ1) is 11.5. The Hall–Kier alpha value is -2.73. The summed E-state index contributed by atoms with van der Waals surface area (Å²) in [6.45, 7) is 0. The maximum Gasteiger partial charge on any atom is 0.300 e. The van der Waals surface area contributed by atoms with E-state index in [9.17, 15) is 19.1 Å². The second-order valence-electron chi connectivity index (χ2n) is 5.24. The smallest absolute Gasteiger partial charge is 0.300 e. The topological polar surface area (TPSA) is 71.7 Å². The Morgan fingerprint density at radius 2 is 1.92 bits per heavy atom. The highest BCUT2D eigenvalue weighted by atomic mass is 35.5. The number of ketones is 1. The molecule has 2 heterocycles. The molecule has 5 nitrogen and oxygen atoms in total. The molecule has 0 radical (unpaired) electrons. The molecular weight excluding hydrogens is 335 g/mol. The molecule has 0 bridgehead atoms. The maximum atomic E-state index is 12.9. The number of aromatic nitrogens is 2. The first kappa shape index (κ1) is 16.1. The molecule has 7 heteroatoms. The SMILES string of the molecule is O=C(CCc1ccc(F)cc1)c1nc2ccc(Cl)cn2c(=O)c1O. The van der Waals surface area contributed by atoms with Crippen LogP contribution in [-0.2, 0) is 6.42 Å². The Bertz CT molecular complexity index is 984. The molecule has 0 amide bonds. The normalized spacial score (nSPS) is 10.9. The average Bonchev–Trinajstić information content (AvgIpc) is 2.58. The number of aryl methyl sites for hydroxylation is 1. The van der Waals surface area contributed by atoms with Crippen LogP contribution in [0.25, 0.3) is 5.65 Å². The van der Waals surface area contributed by atoms with E-state index in [1.165, 1.54) is 30.5 Å². The van der Waals surface area contributed by atoms with Crippen LogP contribution in [0.5, 0.6) is 5.75 Å². The minimum absolute atomic E-state index is 0.0371. The molecule has 0 saturated carbocycles. The zero-order valence-electron chi connectivity index (χ0n) is 12.4. The van der Waals surface area contributed by atoms with Gasteiger partial charge in [-0.1, -0.05) is 23.7 Å². The summed E-state index contributed by atoms with van der Waals surface area (Å²) in [5, 5.41) is 10.3. The summed E-state index contributed by atoms with van der Waals surface area (Å²) in [6.07, 6.45) is 1.70. The Labute approximate surface area is 141 Å². The van der Waals surface area contributed by atoms with Crippen LogP contribution in [0, 0.1) is 5.82 Å². The van der Waals surface area contributed by atoms with E-state index in [-0.39, 0.29) is 23.6 Å². The van der Waals surface area contributed by atoms with Gasteiger partial charge >= 0.3 is 5.56 Å². The molecule has 0 aliphatic heterocycles. The number of carbonyl (C=O) groups excluding carboxylic acids is 1. The van der Waals surface area contributed by atoms with Gasteiger partial charge in [0.05, 0.1) is 5.02 Å². The minimum atomic E-state index is -0.757. The molecule has 0 atom stereocenters. The van der Waals surface area contributed by atoms with Gasteiger partial charge in [-0.2, -0.15) is 0 Å². The Morgan fingerprint density at radius 1 is 1.21 bits per heavy atom. The number of carbonyl (C=O) groups is 1. The molecule has 0 fully saturated rings. The second-order valence-corrected chi connectivity index (χ2v) is 5.68. The van der Waals surface area contributed by atoms with Crippen LogP contribution in [-0.4, -0.2) is 20.3 Å². The van der Waals surface area contributed by atoms with Gasteiger partial charge in [-0.15, -0.1) is 0 Å². The van der Waals surface area contributed by atoms with E-state index in [4.69, 9.17) is 11.6 Å². The summed E-state index contributed by atoms with van der Waals surface area (Å²) in [4.78, 5) is 28.5. The van der Waals surface area contributed by atoms with Gasteiger partial charge in [0.2, 0.25) is 5.75 Å². The number of fused-ring (bicyclic) bond motifs is 1. The monoisotopic (exact) mass is 346 g/mol. The van der Waals surface area contributed by atoms with Crippen molar-refractivity contribution in [2.75, 3.05) is 0 Å². The highest BCUT2D eigenvalue weighted by Crippen LogP contribution is 2.16. The van der Waals surface area contributed by atoms with Crippen LogP contribution >= 0.6 is 11.6 Å². The molecule has 0 saturated heterocycles. The molecule has 0 unspecified atom stereocenters. The van der Waals surface area contributed by atoms with Gasteiger partial charge in [0, 0.05) is 12.6 Å². The number of rotatable bonds is 4. The van der Waals surface area contributed by atoms with Crippen molar-refractivity contribution >= 4 is 23.0 Å². The fourth-order valence-corrected chi connectivity index (χ4v) is 2.49. The van der Waals surface area contributed by atoms with Crippen molar-refractivity contribution in [1.82, 2.24) is 9.38 Å². The Balaban J connectivity index is 1.89. The van der Waals surface area contributed by atoms with Gasteiger partial charge in [0.1, 0.15) is 11.5 Å². The summed E-state index contributed by atoms with van der Waals surface area (Å²) in [5.74, 6) is -1.53. The quantitative estimate of drug-likeness (QED) is 0.737. The Morgan fingerprint density at radius 3 is 2.62 bits per heavy atom. The molecule has 1 aromatic carbocycles. The molecule has 0 spiro atoms. The third-order valence-electron chi connectivity index (χ3n) is 3.58. The van der Waals surface area contributed by atoms with Crippen molar-refractivity contribution in [1.29, 1.82) is 0 Å². The zero-order chi connectivity index (χ0) is 17.3. The molecule has 3 aromatic rings. The standard InChI is InChI=1S/C17H12ClFN2O3/c18-11-4-8-14-20-15(16(23)17(24)21(14)9-11)13(22)7-3-10-1-5-12(19)6-2-10/h1-2,4-6,8-9,23H,3,7H2. The van der Waals surface area contributed by atoms with Crippen LogP contribution < -0.4 is 5.56 Å². The zero-order valence-corrected chi connectivity index (χ0v) is 13.1. The lowest BCUT2D eigenvalue weighted by Crippen LogP contribution is -2.19. The lowest BCUT2D eigenvalue weighted by Gasteiger charge is -2.06. The van der Waals surface area contributed by atoms with E-state index in [0.29, 0.717) is 11.4 Å². The van der Waals surface area contributed by atoms with Gasteiger partial charge in [0.25, 0.3) is 0 Å². The number of hydrogen-bond acceptors (Lipinski definition) is 4. The number of hydrogen-bond donors (Lipinski definition) is 1. The largest absolute Gasteiger partial charge is 0.501 e. The molecule has 3 rings (SSSR count). The van der Waals surface area contributed by atoms with Crippen molar-refractivity contribution in [2.24, 2.45) is 0 Å². The van der Waals surface area contributed by atoms with E-state index in [1.54, 1.807) is 12.1 Å². The van der Waals surface area contributed by atoms with E-state index in [0.717, 1.165) is 9.96 Å². The predicted molar refractivity (Wildman–Crippen MR) is 87.2 cm³/mol. The van der Waals surface area contributed by atoms with Gasteiger partial charge in [-0.3, -0.25) is 14.0 Å². The predicted octanol–water partition coefficient (Wildman–Crippen LogP) is 3.01. The highest BCUT2D eigenvalue weighted by molar-refractivity contribution is 6.30. The molecule has 122 valence electrons. The summed E-state index contributed by atoms with van der Waals surface area (Å²) in [7, 11) is 0. The highest BCUT2D eigenvalue weighted by Gasteiger charge is 2.18. The summed E-state index contributed by atoms with van der Waals surface area (Å²) >= 11 is 5.81. The molecule has 0 aliphatic rings. The number of benzene rings is 1. The fraction of sp³-hybridized carbons (Fsp3) is 0.118. The number of Topliss-reactive ketones (excluding diaryl/α,β-unsaturated/α-hetero) is 1. The second kappa shape index (κ2) is 6.41. The van der Waals surface area contributed by atoms with E-state index < -0.39 is 17.1 Å². The third kappa shape index (κ3) is 3.14. The van der Waals surface area contributed by atoms with Crippen LogP contribution in [0.1, 0.15) is 22.5 Å². The van der Waals surface area contributed by atoms with Gasteiger partial charge in [0.15, 0.2) is 11.5 Å². The lowest BCUT2D eigenvalue weighted by molar-refractivity contribution is 0.0975. The number of nitrogens with zero attached hydrogens (tertiary/aromatic N) is 2. The number of pyridine rings is 1. The summed E-state index contributed by atoms with van der Waals surface area (Å²) in [5.41, 5.74) is -0.0436. The average molecular weight is 347 g/mol. The van der Waals surface area contributed by atoms with Crippen molar-refractivity contribution in [3.63, 3.8) is 0 Å². The molecule has 1 N–H and O–H groups in total. The summed E-state index contributed by atoms with van der Waals surface area (Å²) in [6, 6.07) is 8.79. The Kier molecular flexibility index (Phi) is 4.31. The molecular formula is C17H12ClFN2O3. The number of halogens is 2. The van der Waals surface area contributed by atoms with Crippen molar-refractivity contribution in [3.8, 4) is 5.75 Å². The van der Waals surface area contributed by atoms with Crippen LogP contribution in [0.15, 0.2) is 47.4 Å². The van der Waals surface area contributed by atoms with E-state index in [1.807, 2.05) is 0 Å². The molecule has 0 aliphatic carbocycles. The minimum Gasteiger partial charge on any atom is -0.501 e. The number of aromatic hydroxyl groups is 1. The van der Waals surface area contributed by atoms with Crippen molar-refractivity contribution in [3.05, 3.63) is 75.0 Å². The van der Waals surface area contributed by atoms with E-state index in [2.05, 4.69) is 4.98 Å². The first-order valence-electron chi connectivity index (χ1n) is 7.14. The summed E-state index contributed by atoms with van der Waals surface area (Å²) < 4.78 is 13.9. The maximum absolute atomic E-state index is 12.9. The lowest BCUT2D eigenvalue weighted by atomic mass is 10.1. The van der Waals surface area contributed by atoms with Crippen LogP contribution in [0.4, 0.5) is 4.39 Å². The van der Waals surface area contributed by atoms with Crippen LogP contribution in [0.3, 0.4) is 0 Å². The van der Waals surface area contributed by atoms with Gasteiger partial charge in [-0.05, 0) is 36.2 Å². The van der Waals surface area contributed by atoms with Gasteiger partial charge in [-0.25, -0.2) is 9.37 Å². The van der Waals surface area contributed by atoms with Crippen molar-refractivity contribution in [2.45, 2.75) is 12.8 Å². The third-order valence-corrected chi connectivity index (χ3v) is 3.80. The van der Waals surface area contributed by atoms with Crippen LogP contribution in [0.2, 0.25) is 5.02 Å². The van der Waals surface area contributed by atoms with E-state index >= 15 is 0 Å². The van der Waals surface area contributed by atoms with Gasteiger partial charge < -0.3 is 5.11 Å².